The maximum absolute atomic E-state index is 13.2. The summed E-state index contributed by atoms with van der Waals surface area (Å²) in [5.74, 6) is -4.28. The lowest BCUT2D eigenvalue weighted by molar-refractivity contribution is -0.162. The van der Waals surface area contributed by atoms with Crippen molar-refractivity contribution in [1.29, 1.82) is 0 Å². The summed E-state index contributed by atoms with van der Waals surface area (Å²) < 4.78 is 11.7. The molecule has 0 aliphatic carbocycles. The van der Waals surface area contributed by atoms with Gasteiger partial charge in [-0.05, 0) is 44.2 Å². The number of allylic oxidation sites excluding steroid dienone is 1. The van der Waals surface area contributed by atoms with Crippen LogP contribution in [0.4, 0.5) is 0 Å². The predicted octanol–water partition coefficient (Wildman–Crippen LogP) is 2.27. The van der Waals surface area contributed by atoms with Crippen molar-refractivity contribution in [2.75, 3.05) is 13.2 Å². The van der Waals surface area contributed by atoms with Gasteiger partial charge in [-0.3, -0.25) is 19.4 Å². The van der Waals surface area contributed by atoms with Gasteiger partial charge in [0.1, 0.15) is 0 Å². The van der Waals surface area contributed by atoms with Crippen LogP contribution in [0.15, 0.2) is 42.7 Å². The Balaban J connectivity index is 2.53. The molecule has 2 heterocycles. The van der Waals surface area contributed by atoms with Gasteiger partial charge in [0.05, 0.1) is 18.9 Å². The zero-order valence-electron chi connectivity index (χ0n) is 15.5. The summed E-state index contributed by atoms with van der Waals surface area (Å²) in [5.41, 5.74) is 1.20. The largest absolute Gasteiger partial charge is 0.465 e. The number of aromatic nitrogens is 2. The number of carbonyl (C=O) groups excluding carboxylic acids is 3. The number of hydrogen-bond donors (Lipinski definition) is 0. The molecule has 27 heavy (non-hydrogen) atoms. The monoisotopic (exact) mass is 370 g/mol. The molecule has 0 saturated heterocycles. The van der Waals surface area contributed by atoms with Gasteiger partial charge in [0, 0.05) is 30.7 Å². The van der Waals surface area contributed by atoms with Gasteiger partial charge < -0.3 is 14.0 Å². The number of aryl methyl sites for hydroxylation is 1. The van der Waals surface area contributed by atoms with Crippen molar-refractivity contribution in [3.8, 4) is 0 Å². The van der Waals surface area contributed by atoms with Crippen molar-refractivity contribution < 1.29 is 23.9 Å². The number of hydrogen-bond acceptors (Lipinski definition) is 6. The number of Topliss-reactive ketones (excluding diaryl/α,β-unsaturated/α-hetero) is 1. The molecule has 0 fully saturated rings. The molecule has 0 aliphatic rings. The number of pyridine rings is 1. The molecule has 0 saturated carbocycles. The molecule has 0 N–H and O–H groups in total. The van der Waals surface area contributed by atoms with Gasteiger partial charge in [0.2, 0.25) is 5.92 Å². The molecule has 0 amide bonds. The summed E-state index contributed by atoms with van der Waals surface area (Å²) in [6.07, 6.45) is 4.95. The van der Waals surface area contributed by atoms with Crippen molar-refractivity contribution in [3.63, 3.8) is 0 Å². The Morgan fingerprint density at radius 1 is 1.07 bits per heavy atom. The van der Waals surface area contributed by atoms with E-state index in [1.165, 1.54) is 6.20 Å². The molecule has 0 radical (unpaired) electrons. The first-order chi connectivity index (χ1) is 13.0. The van der Waals surface area contributed by atoms with Crippen LogP contribution in [0.25, 0.3) is 11.6 Å². The van der Waals surface area contributed by atoms with Crippen molar-refractivity contribution >= 4 is 29.4 Å². The Hall–Kier alpha value is -3.22. The molecule has 7 heteroatoms. The third-order valence-corrected chi connectivity index (χ3v) is 3.79. The zero-order chi connectivity index (χ0) is 19.8. The molecule has 7 nitrogen and oxygen atoms in total. The molecular weight excluding hydrogens is 348 g/mol. The third-order valence-electron chi connectivity index (χ3n) is 3.79. The van der Waals surface area contributed by atoms with E-state index >= 15 is 0 Å². The second-order valence-electron chi connectivity index (χ2n) is 5.62. The van der Waals surface area contributed by atoms with Crippen LogP contribution in [0.3, 0.4) is 0 Å². The average Bonchev–Trinajstić information content (AvgIpc) is 3.05. The number of nitrogens with zero attached hydrogens (tertiary/aromatic N) is 2. The second-order valence-corrected chi connectivity index (χ2v) is 5.62. The van der Waals surface area contributed by atoms with Gasteiger partial charge in [-0.25, -0.2) is 0 Å². The summed E-state index contributed by atoms with van der Waals surface area (Å²) in [7, 11) is 1.82. The number of esters is 2. The lowest BCUT2D eigenvalue weighted by Gasteiger charge is -2.15. The van der Waals surface area contributed by atoms with E-state index in [2.05, 4.69) is 4.98 Å². The second kappa shape index (κ2) is 9.47. The molecule has 142 valence electrons. The fraction of sp³-hybridized carbons (Fsp3) is 0.300. The minimum Gasteiger partial charge on any atom is -0.465 e. The minimum absolute atomic E-state index is 0.0441. The Bertz CT molecular complexity index is 821. The SMILES string of the molecule is CCOC(=O)C(C(=O)OCC)C(=O)/C(=C\c1cccn1C)c1ccccn1. The molecule has 2 aromatic rings. The maximum Gasteiger partial charge on any atom is 0.328 e. The van der Waals surface area contributed by atoms with Crippen LogP contribution in [0, 0.1) is 5.92 Å². The van der Waals surface area contributed by atoms with Gasteiger partial charge in [-0.1, -0.05) is 6.07 Å². The minimum atomic E-state index is -1.70. The van der Waals surface area contributed by atoms with Gasteiger partial charge >= 0.3 is 11.9 Å². The average molecular weight is 370 g/mol. The topological polar surface area (TPSA) is 87.5 Å². The Labute approximate surface area is 157 Å². The number of ether oxygens (including phenoxy) is 2. The first-order valence-corrected chi connectivity index (χ1v) is 8.61. The first-order valence-electron chi connectivity index (χ1n) is 8.61. The van der Waals surface area contributed by atoms with E-state index in [0.717, 1.165) is 5.69 Å². The molecule has 0 aromatic carbocycles. The highest BCUT2D eigenvalue weighted by atomic mass is 16.6. The third kappa shape index (κ3) is 4.91. The van der Waals surface area contributed by atoms with Crippen molar-refractivity contribution in [2.45, 2.75) is 13.8 Å². The van der Waals surface area contributed by atoms with Crippen molar-refractivity contribution in [1.82, 2.24) is 9.55 Å². The highest BCUT2D eigenvalue weighted by Crippen LogP contribution is 2.23. The predicted molar refractivity (Wildman–Crippen MR) is 99.3 cm³/mol. The van der Waals surface area contributed by atoms with Gasteiger partial charge in [0.25, 0.3) is 0 Å². The fourth-order valence-corrected chi connectivity index (χ4v) is 2.48. The van der Waals surface area contributed by atoms with Crippen LogP contribution in [0.1, 0.15) is 25.2 Å². The van der Waals surface area contributed by atoms with E-state index < -0.39 is 23.6 Å². The van der Waals surface area contributed by atoms with Crippen LogP contribution >= 0.6 is 0 Å². The summed E-state index contributed by atoms with van der Waals surface area (Å²) in [6, 6.07) is 8.70. The van der Waals surface area contributed by atoms with Gasteiger partial charge in [-0.2, -0.15) is 0 Å². The summed E-state index contributed by atoms with van der Waals surface area (Å²) >= 11 is 0. The Morgan fingerprint density at radius 2 is 1.74 bits per heavy atom. The van der Waals surface area contributed by atoms with E-state index in [9.17, 15) is 14.4 Å². The first kappa shape index (κ1) is 20.1. The lowest BCUT2D eigenvalue weighted by Crippen LogP contribution is -2.35. The molecule has 0 spiro atoms. The smallest absolute Gasteiger partial charge is 0.328 e. The molecule has 0 atom stereocenters. The van der Waals surface area contributed by atoms with Crippen LogP contribution in [-0.2, 0) is 30.9 Å². The normalized spacial score (nSPS) is 11.3. The van der Waals surface area contributed by atoms with E-state index in [1.807, 2.05) is 19.3 Å². The Kier molecular flexibility index (Phi) is 7.05. The molecule has 2 rings (SSSR count). The molecule has 0 bridgehead atoms. The van der Waals surface area contributed by atoms with E-state index in [4.69, 9.17) is 9.47 Å². The molecule has 0 aliphatic heterocycles. The maximum atomic E-state index is 13.2. The van der Waals surface area contributed by atoms with Crippen LogP contribution in [0.2, 0.25) is 0 Å². The van der Waals surface area contributed by atoms with E-state index in [0.29, 0.717) is 5.69 Å². The number of carbonyl (C=O) groups is 3. The van der Waals surface area contributed by atoms with Crippen molar-refractivity contribution in [3.05, 3.63) is 54.1 Å². The van der Waals surface area contributed by atoms with Crippen molar-refractivity contribution in [2.24, 2.45) is 13.0 Å². The van der Waals surface area contributed by atoms with Crippen LogP contribution in [0.5, 0.6) is 0 Å². The summed E-state index contributed by atoms with van der Waals surface area (Å²) in [6.45, 7) is 3.29. The van der Waals surface area contributed by atoms with Crippen LogP contribution < -0.4 is 0 Å². The van der Waals surface area contributed by atoms with Gasteiger partial charge in [0.15, 0.2) is 5.78 Å². The zero-order valence-corrected chi connectivity index (χ0v) is 15.5. The van der Waals surface area contributed by atoms with Gasteiger partial charge in [-0.15, -0.1) is 0 Å². The summed E-state index contributed by atoms with van der Waals surface area (Å²) in [4.78, 5) is 42.0. The van der Waals surface area contributed by atoms with E-state index in [1.54, 1.807) is 48.8 Å². The van der Waals surface area contributed by atoms with E-state index in [-0.39, 0.29) is 18.8 Å². The lowest BCUT2D eigenvalue weighted by atomic mass is 9.94. The highest BCUT2D eigenvalue weighted by Gasteiger charge is 2.39. The Morgan fingerprint density at radius 3 is 2.22 bits per heavy atom. The number of ketones is 1. The molecule has 2 aromatic heterocycles. The summed E-state index contributed by atoms with van der Waals surface area (Å²) in [5, 5.41) is 0. The highest BCUT2D eigenvalue weighted by molar-refractivity contribution is 6.35. The fourth-order valence-electron chi connectivity index (χ4n) is 2.48. The quantitative estimate of drug-likeness (QED) is 0.402. The molecular formula is C20H22N2O5. The van der Waals surface area contributed by atoms with Crippen LogP contribution in [-0.4, -0.2) is 40.5 Å². The number of rotatable bonds is 8. The standard InChI is InChI=1S/C20H22N2O5/c1-4-26-19(24)17(20(25)27-5-2)18(23)15(16-10-6-7-11-21-16)13-14-9-8-12-22(14)3/h6-13,17H,4-5H2,1-3H3/b15-13-. The molecule has 0 unspecified atom stereocenters.